The van der Waals surface area contributed by atoms with Crippen LogP contribution in [-0.2, 0) is 14.3 Å². The highest BCUT2D eigenvalue weighted by Gasteiger charge is 2.41. The minimum atomic E-state index is -3.61. The van der Waals surface area contributed by atoms with Crippen molar-refractivity contribution in [2.45, 2.75) is 37.3 Å². The van der Waals surface area contributed by atoms with Gasteiger partial charge >= 0.3 is 0 Å². The summed E-state index contributed by atoms with van der Waals surface area (Å²) in [4.78, 5) is 10.9. The van der Waals surface area contributed by atoms with Crippen LogP contribution in [0.1, 0.15) is 30.7 Å². The number of halogens is 2. The van der Waals surface area contributed by atoms with Crippen molar-refractivity contribution in [2.75, 3.05) is 6.26 Å². The maximum absolute atomic E-state index is 11.3. The van der Waals surface area contributed by atoms with Gasteiger partial charge in [-0.05, 0) is 30.5 Å². The lowest BCUT2D eigenvalue weighted by molar-refractivity contribution is -0.530. The summed E-state index contributed by atoms with van der Waals surface area (Å²) >= 11 is 12.0. The van der Waals surface area contributed by atoms with E-state index in [1.807, 2.05) is 0 Å². The third-order valence-corrected chi connectivity index (χ3v) is 4.89. The molecular weight excluding hydrogens is 353 g/mol. The number of rotatable bonds is 4. The summed E-state index contributed by atoms with van der Waals surface area (Å²) in [6, 6.07) is 3.96. The van der Waals surface area contributed by atoms with Crippen LogP contribution in [0.3, 0.4) is 0 Å². The molecule has 0 N–H and O–H groups in total. The predicted molar refractivity (Wildman–Crippen MR) is 83.6 cm³/mol. The molecule has 0 bridgehead atoms. The van der Waals surface area contributed by atoms with E-state index >= 15 is 0 Å². The molecule has 1 saturated carbocycles. The van der Waals surface area contributed by atoms with Crippen LogP contribution in [0, 0.1) is 10.1 Å². The normalized spacial score (nSPS) is 25.9. The van der Waals surface area contributed by atoms with Gasteiger partial charge in [0.25, 0.3) is 10.1 Å². The zero-order chi connectivity index (χ0) is 16.5. The van der Waals surface area contributed by atoms with Crippen molar-refractivity contribution in [3.05, 3.63) is 43.9 Å². The molecule has 3 atom stereocenters. The van der Waals surface area contributed by atoms with Crippen LogP contribution >= 0.6 is 23.2 Å². The maximum Gasteiger partial charge on any atom is 0.264 e. The van der Waals surface area contributed by atoms with Crippen molar-refractivity contribution in [3.63, 3.8) is 0 Å². The zero-order valence-corrected chi connectivity index (χ0v) is 14.1. The van der Waals surface area contributed by atoms with E-state index in [2.05, 4.69) is 0 Å². The Bertz CT molecular complexity index is 679. The van der Waals surface area contributed by atoms with E-state index in [9.17, 15) is 18.5 Å². The molecule has 2 rings (SSSR count). The van der Waals surface area contributed by atoms with Gasteiger partial charge in [-0.15, -0.1) is 0 Å². The van der Waals surface area contributed by atoms with E-state index < -0.39 is 28.2 Å². The number of hydrogen-bond donors (Lipinski definition) is 0. The first-order valence-corrected chi connectivity index (χ1v) is 9.21. The molecule has 6 nitrogen and oxygen atoms in total. The molecule has 0 spiro atoms. The highest BCUT2D eigenvalue weighted by Crippen LogP contribution is 2.40. The largest absolute Gasteiger partial charge is 0.267 e. The quantitative estimate of drug-likeness (QED) is 0.463. The second-order valence-corrected chi connectivity index (χ2v) is 7.80. The summed E-state index contributed by atoms with van der Waals surface area (Å²) in [6.45, 7) is 0. The van der Waals surface area contributed by atoms with Crippen LogP contribution < -0.4 is 0 Å². The Hall–Kier alpha value is -0.890. The Morgan fingerprint density at radius 1 is 1.32 bits per heavy atom. The second kappa shape index (κ2) is 6.70. The van der Waals surface area contributed by atoms with Crippen molar-refractivity contribution < 1.29 is 17.5 Å². The van der Waals surface area contributed by atoms with E-state index in [1.54, 1.807) is 12.1 Å². The molecule has 22 heavy (non-hydrogen) atoms. The van der Waals surface area contributed by atoms with Crippen LogP contribution in [0.25, 0.3) is 0 Å². The van der Waals surface area contributed by atoms with E-state index in [0.717, 1.165) is 6.26 Å². The van der Waals surface area contributed by atoms with Gasteiger partial charge < -0.3 is 0 Å². The van der Waals surface area contributed by atoms with Gasteiger partial charge in [-0.1, -0.05) is 29.3 Å². The monoisotopic (exact) mass is 367 g/mol. The molecule has 0 saturated heterocycles. The summed E-state index contributed by atoms with van der Waals surface area (Å²) in [5, 5.41) is 12.1. The standard InChI is InChI=1S/C13H15Cl2NO5S/c1-22(19,20)21-9-3-5-13(16(17)18)11(7-9)10-4-2-8(14)6-12(10)15/h2,4,6,9,11,13H,3,5,7H2,1H3. The fourth-order valence-electron chi connectivity index (χ4n) is 2.84. The van der Waals surface area contributed by atoms with Gasteiger partial charge in [-0.25, -0.2) is 0 Å². The molecule has 0 aliphatic heterocycles. The summed E-state index contributed by atoms with van der Waals surface area (Å²) in [5.74, 6) is -0.514. The lowest BCUT2D eigenvalue weighted by Crippen LogP contribution is -2.37. The Kier molecular flexibility index (Phi) is 5.32. The van der Waals surface area contributed by atoms with Gasteiger partial charge in [-0.3, -0.25) is 14.3 Å². The van der Waals surface area contributed by atoms with Gasteiger partial charge in [0.1, 0.15) is 0 Å². The Morgan fingerprint density at radius 2 is 2.00 bits per heavy atom. The lowest BCUT2D eigenvalue weighted by atomic mass is 9.79. The molecule has 122 valence electrons. The van der Waals surface area contributed by atoms with Crippen LogP contribution in [0.15, 0.2) is 18.2 Å². The topological polar surface area (TPSA) is 86.5 Å². The number of benzene rings is 1. The van der Waals surface area contributed by atoms with Crippen molar-refractivity contribution >= 4 is 33.3 Å². The van der Waals surface area contributed by atoms with Crippen molar-refractivity contribution in [2.24, 2.45) is 0 Å². The summed E-state index contributed by atoms with van der Waals surface area (Å²) in [6.07, 6.45) is 1.16. The fraction of sp³-hybridized carbons (Fsp3) is 0.538. The van der Waals surface area contributed by atoms with Crippen LogP contribution in [-0.4, -0.2) is 31.7 Å². The van der Waals surface area contributed by atoms with Crippen LogP contribution in [0.5, 0.6) is 0 Å². The Morgan fingerprint density at radius 3 is 2.55 bits per heavy atom. The Labute approximate surface area is 138 Å². The van der Waals surface area contributed by atoms with E-state index in [0.29, 0.717) is 22.0 Å². The molecular formula is C13H15Cl2NO5S. The Balaban J connectivity index is 2.31. The summed E-state index contributed by atoms with van der Waals surface area (Å²) in [7, 11) is -3.61. The van der Waals surface area contributed by atoms with E-state index in [-0.39, 0.29) is 17.8 Å². The predicted octanol–water partition coefficient (Wildman–Crippen LogP) is 3.25. The van der Waals surface area contributed by atoms with Crippen LogP contribution in [0.4, 0.5) is 0 Å². The van der Waals surface area contributed by atoms with Gasteiger partial charge in [0.15, 0.2) is 0 Å². The maximum atomic E-state index is 11.3. The molecule has 0 amide bonds. The average molecular weight is 368 g/mol. The summed E-state index contributed by atoms with van der Waals surface area (Å²) in [5.41, 5.74) is 0.592. The molecule has 3 unspecified atom stereocenters. The van der Waals surface area contributed by atoms with E-state index in [1.165, 1.54) is 6.07 Å². The average Bonchev–Trinajstić information content (AvgIpc) is 2.36. The van der Waals surface area contributed by atoms with Gasteiger partial charge in [0.2, 0.25) is 6.04 Å². The first-order valence-electron chi connectivity index (χ1n) is 6.64. The number of nitro groups is 1. The van der Waals surface area contributed by atoms with Gasteiger partial charge in [0, 0.05) is 21.4 Å². The number of nitrogens with zero attached hydrogens (tertiary/aromatic N) is 1. The molecule has 1 aromatic carbocycles. The van der Waals surface area contributed by atoms with Crippen molar-refractivity contribution in [3.8, 4) is 0 Å². The fourth-order valence-corrected chi connectivity index (χ4v) is 4.06. The smallest absolute Gasteiger partial charge is 0.264 e. The highest BCUT2D eigenvalue weighted by molar-refractivity contribution is 7.86. The zero-order valence-electron chi connectivity index (χ0n) is 11.7. The minimum Gasteiger partial charge on any atom is -0.267 e. The lowest BCUT2D eigenvalue weighted by Gasteiger charge is -2.31. The van der Waals surface area contributed by atoms with Gasteiger partial charge in [0.05, 0.1) is 18.3 Å². The first kappa shape index (κ1) is 17.5. The minimum absolute atomic E-state index is 0.222. The molecule has 0 radical (unpaired) electrons. The van der Waals surface area contributed by atoms with E-state index in [4.69, 9.17) is 27.4 Å². The third kappa shape index (κ3) is 4.32. The molecule has 1 fully saturated rings. The molecule has 9 heteroatoms. The molecule has 0 heterocycles. The SMILES string of the molecule is CS(=O)(=O)OC1CCC([N+](=O)[O-])C(c2ccc(Cl)cc2Cl)C1. The molecule has 1 aliphatic carbocycles. The first-order chi connectivity index (χ1) is 10.2. The van der Waals surface area contributed by atoms with Crippen molar-refractivity contribution in [1.29, 1.82) is 0 Å². The second-order valence-electron chi connectivity index (χ2n) is 5.36. The third-order valence-electron chi connectivity index (χ3n) is 3.71. The molecule has 1 aromatic rings. The van der Waals surface area contributed by atoms with Crippen molar-refractivity contribution in [1.82, 2.24) is 0 Å². The van der Waals surface area contributed by atoms with Gasteiger partial charge in [-0.2, -0.15) is 8.42 Å². The highest BCUT2D eigenvalue weighted by atomic mass is 35.5. The number of hydrogen-bond acceptors (Lipinski definition) is 5. The molecule has 0 aromatic heterocycles. The van der Waals surface area contributed by atoms with Crippen LogP contribution in [0.2, 0.25) is 10.0 Å². The molecule has 1 aliphatic rings. The summed E-state index contributed by atoms with van der Waals surface area (Å²) < 4.78 is 27.5.